The van der Waals surface area contributed by atoms with Gasteiger partial charge in [0.1, 0.15) is 17.6 Å². The van der Waals surface area contributed by atoms with E-state index >= 15 is 0 Å². The number of benzene rings is 1. The maximum absolute atomic E-state index is 12.7. The van der Waals surface area contributed by atoms with Crippen molar-refractivity contribution < 1.29 is 9.21 Å². The molecule has 2 N–H and O–H groups in total. The van der Waals surface area contributed by atoms with Crippen LogP contribution in [0.5, 0.6) is 0 Å². The largest absolute Gasteiger partial charge is 0.464 e. The highest BCUT2D eigenvalue weighted by Crippen LogP contribution is 2.30. The van der Waals surface area contributed by atoms with Crippen LogP contribution in [0.4, 0.5) is 0 Å². The predicted octanol–water partition coefficient (Wildman–Crippen LogP) is 2.78. The number of furan rings is 1. The minimum absolute atomic E-state index is 0.0299. The third-order valence-electron chi connectivity index (χ3n) is 3.82. The normalized spacial score (nSPS) is 15.7. The summed E-state index contributed by atoms with van der Waals surface area (Å²) in [6.07, 6.45) is 2.10. The number of nitrogens with zero attached hydrogens (tertiary/aromatic N) is 1. The smallest absolute Gasteiger partial charge is 0.244 e. The fourth-order valence-corrected chi connectivity index (χ4v) is 2.49. The number of nitrogens with two attached hydrogens (primary N) is 1. The molecular weight excluding hydrogens is 264 g/mol. The summed E-state index contributed by atoms with van der Waals surface area (Å²) < 4.78 is 5.59. The maximum Gasteiger partial charge on any atom is 0.244 e. The van der Waals surface area contributed by atoms with Crippen LogP contribution in [0.2, 0.25) is 0 Å². The molecular formula is C17H20N2O2. The lowest BCUT2D eigenvalue weighted by atomic mass is 10.1. The molecule has 1 aliphatic carbocycles. The van der Waals surface area contributed by atoms with Gasteiger partial charge in [-0.05, 0) is 37.5 Å². The van der Waals surface area contributed by atoms with Crippen LogP contribution in [-0.4, -0.2) is 16.8 Å². The second-order valence-electron chi connectivity index (χ2n) is 5.60. The van der Waals surface area contributed by atoms with E-state index in [0.29, 0.717) is 12.6 Å². The highest BCUT2D eigenvalue weighted by molar-refractivity contribution is 5.83. The van der Waals surface area contributed by atoms with Gasteiger partial charge in [-0.3, -0.25) is 4.79 Å². The van der Waals surface area contributed by atoms with Crippen molar-refractivity contribution in [2.75, 3.05) is 0 Å². The van der Waals surface area contributed by atoms with E-state index < -0.39 is 6.04 Å². The molecule has 1 aromatic carbocycles. The molecule has 4 heteroatoms. The minimum Gasteiger partial charge on any atom is -0.464 e. The molecule has 1 aromatic heterocycles. The molecule has 110 valence electrons. The van der Waals surface area contributed by atoms with Gasteiger partial charge in [-0.25, -0.2) is 0 Å². The van der Waals surface area contributed by atoms with Crippen LogP contribution in [0, 0.1) is 6.92 Å². The van der Waals surface area contributed by atoms with Crippen LogP contribution in [-0.2, 0) is 11.3 Å². The van der Waals surface area contributed by atoms with Crippen molar-refractivity contribution in [2.45, 2.75) is 38.4 Å². The number of rotatable bonds is 5. The van der Waals surface area contributed by atoms with Crippen molar-refractivity contribution in [3.8, 4) is 0 Å². The van der Waals surface area contributed by atoms with E-state index in [1.54, 1.807) is 0 Å². The van der Waals surface area contributed by atoms with Gasteiger partial charge < -0.3 is 15.1 Å². The summed E-state index contributed by atoms with van der Waals surface area (Å²) in [4.78, 5) is 14.6. The minimum atomic E-state index is -0.608. The molecule has 1 saturated carbocycles. The maximum atomic E-state index is 12.7. The molecule has 4 nitrogen and oxygen atoms in total. The summed E-state index contributed by atoms with van der Waals surface area (Å²) in [5.74, 6) is 1.64. The molecule has 21 heavy (non-hydrogen) atoms. The van der Waals surface area contributed by atoms with Gasteiger partial charge >= 0.3 is 0 Å². The molecule has 0 spiro atoms. The van der Waals surface area contributed by atoms with Crippen LogP contribution in [0.25, 0.3) is 0 Å². The van der Waals surface area contributed by atoms with Crippen LogP contribution >= 0.6 is 0 Å². The lowest BCUT2D eigenvalue weighted by Crippen LogP contribution is -2.39. The Morgan fingerprint density at radius 2 is 2.00 bits per heavy atom. The fourth-order valence-electron chi connectivity index (χ4n) is 2.49. The van der Waals surface area contributed by atoms with Crippen molar-refractivity contribution in [1.29, 1.82) is 0 Å². The Morgan fingerprint density at radius 1 is 1.29 bits per heavy atom. The van der Waals surface area contributed by atoms with E-state index in [0.717, 1.165) is 29.9 Å². The lowest BCUT2D eigenvalue weighted by Gasteiger charge is -2.25. The summed E-state index contributed by atoms with van der Waals surface area (Å²) in [6.45, 7) is 2.40. The van der Waals surface area contributed by atoms with Crippen molar-refractivity contribution >= 4 is 5.91 Å². The first kappa shape index (κ1) is 13.9. The van der Waals surface area contributed by atoms with E-state index in [-0.39, 0.29) is 5.91 Å². The fraction of sp³-hybridized carbons (Fsp3) is 0.353. The first-order valence-electron chi connectivity index (χ1n) is 7.31. The van der Waals surface area contributed by atoms with Gasteiger partial charge in [0.2, 0.25) is 5.91 Å². The molecule has 1 heterocycles. The van der Waals surface area contributed by atoms with Crippen molar-refractivity contribution in [3.05, 3.63) is 59.5 Å². The summed E-state index contributed by atoms with van der Waals surface area (Å²) in [5, 5.41) is 0. The van der Waals surface area contributed by atoms with E-state index in [9.17, 15) is 4.79 Å². The number of aryl methyl sites for hydroxylation is 1. The van der Waals surface area contributed by atoms with Gasteiger partial charge in [0.05, 0.1) is 6.54 Å². The van der Waals surface area contributed by atoms with E-state index in [1.165, 1.54) is 0 Å². The van der Waals surface area contributed by atoms with Gasteiger partial charge in [-0.1, -0.05) is 30.3 Å². The second kappa shape index (κ2) is 5.74. The number of hydrogen-bond donors (Lipinski definition) is 1. The Bertz CT molecular complexity index is 617. The number of hydrogen-bond acceptors (Lipinski definition) is 3. The number of carbonyl (C=O) groups excluding carboxylic acids is 1. The quantitative estimate of drug-likeness (QED) is 0.918. The molecule has 2 aromatic rings. The molecule has 1 unspecified atom stereocenters. The molecule has 1 atom stereocenters. The molecule has 1 amide bonds. The third-order valence-corrected chi connectivity index (χ3v) is 3.82. The van der Waals surface area contributed by atoms with Gasteiger partial charge in [-0.2, -0.15) is 0 Å². The van der Waals surface area contributed by atoms with Gasteiger partial charge in [-0.15, -0.1) is 0 Å². The van der Waals surface area contributed by atoms with Crippen molar-refractivity contribution in [1.82, 2.24) is 4.90 Å². The Kier molecular flexibility index (Phi) is 3.80. The summed E-state index contributed by atoms with van der Waals surface area (Å²) in [6, 6.07) is 13.1. The zero-order chi connectivity index (χ0) is 14.8. The number of amides is 1. The van der Waals surface area contributed by atoms with Crippen LogP contribution in [0.15, 0.2) is 46.9 Å². The SMILES string of the molecule is Cc1ccc(CN(C(=O)C(N)c2ccccc2)C2CC2)o1. The Balaban J connectivity index is 1.76. The van der Waals surface area contributed by atoms with Crippen LogP contribution in [0.1, 0.15) is 36.0 Å². The topological polar surface area (TPSA) is 59.5 Å². The molecule has 0 aliphatic heterocycles. The second-order valence-corrected chi connectivity index (χ2v) is 5.60. The summed E-state index contributed by atoms with van der Waals surface area (Å²) in [5.41, 5.74) is 6.99. The highest BCUT2D eigenvalue weighted by atomic mass is 16.3. The molecule has 1 aliphatic rings. The first-order chi connectivity index (χ1) is 10.1. The highest BCUT2D eigenvalue weighted by Gasteiger charge is 2.35. The standard InChI is InChI=1S/C17H20N2O2/c1-12-7-10-15(21-12)11-19(14-8-9-14)17(20)16(18)13-5-3-2-4-6-13/h2-7,10,14,16H,8-9,11,18H2,1H3. The van der Waals surface area contributed by atoms with Crippen molar-refractivity contribution in [2.24, 2.45) is 5.73 Å². The zero-order valence-electron chi connectivity index (χ0n) is 12.2. The van der Waals surface area contributed by atoms with Gasteiger partial charge in [0, 0.05) is 6.04 Å². The monoisotopic (exact) mass is 284 g/mol. The van der Waals surface area contributed by atoms with Crippen LogP contribution < -0.4 is 5.73 Å². The van der Waals surface area contributed by atoms with E-state index in [1.807, 2.05) is 54.3 Å². The summed E-state index contributed by atoms with van der Waals surface area (Å²) in [7, 11) is 0. The Hall–Kier alpha value is -2.07. The predicted molar refractivity (Wildman–Crippen MR) is 80.4 cm³/mol. The van der Waals surface area contributed by atoms with Gasteiger partial charge in [0.15, 0.2) is 0 Å². The Morgan fingerprint density at radius 3 is 2.57 bits per heavy atom. The molecule has 0 radical (unpaired) electrons. The Labute approximate surface area is 124 Å². The van der Waals surface area contributed by atoms with Gasteiger partial charge in [0.25, 0.3) is 0 Å². The lowest BCUT2D eigenvalue weighted by molar-refractivity contribution is -0.134. The first-order valence-corrected chi connectivity index (χ1v) is 7.31. The summed E-state index contributed by atoms with van der Waals surface area (Å²) >= 11 is 0. The zero-order valence-corrected chi connectivity index (χ0v) is 12.2. The molecule has 3 rings (SSSR count). The molecule has 0 bridgehead atoms. The molecule has 0 saturated heterocycles. The average molecular weight is 284 g/mol. The molecule has 1 fully saturated rings. The van der Waals surface area contributed by atoms with E-state index in [2.05, 4.69) is 0 Å². The third kappa shape index (κ3) is 3.16. The number of carbonyl (C=O) groups is 1. The van der Waals surface area contributed by atoms with Crippen LogP contribution in [0.3, 0.4) is 0 Å². The van der Waals surface area contributed by atoms with Crippen molar-refractivity contribution in [3.63, 3.8) is 0 Å². The van der Waals surface area contributed by atoms with E-state index in [4.69, 9.17) is 10.2 Å². The average Bonchev–Trinajstić information content (AvgIpc) is 3.27.